The quantitative estimate of drug-likeness (QED) is 0.693. The molecular formula is C14H20N4O4. The maximum absolute atomic E-state index is 12.0. The first-order valence-corrected chi connectivity index (χ1v) is 7.25. The molecule has 0 unspecified atom stereocenters. The zero-order valence-corrected chi connectivity index (χ0v) is 12.8. The van der Waals surface area contributed by atoms with Gasteiger partial charge in [-0.1, -0.05) is 0 Å². The Balaban J connectivity index is 1.92. The average molecular weight is 308 g/mol. The fourth-order valence-electron chi connectivity index (χ4n) is 2.45. The first-order chi connectivity index (χ1) is 10.4. The van der Waals surface area contributed by atoms with Crippen molar-refractivity contribution >= 4 is 11.8 Å². The number of carbonyl (C=O) groups is 2. The summed E-state index contributed by atoms with van der Waals surface area (Å²) in [6.07, 6.45) is 2.12. The van der Waals surface area contributed by atoms with E-state index >= 15 is 0 Å². The predicted molar refractivity (Wildman–Crippen MR) is 79.7 cm³/mol. The van der Waals surface area contributed by atoms with Crippen molar-refractivity contribution in [2.45, 2.75) is 19.3 Å². The molecule has 0 aliphatic carbocycles. The highest BCUT2D eigenvalue weighted by atomic mass is 16.2. The van der Waals surface area contributed by atoms with Crippen molar-refractivity contribution in [2.75, 3.05) is 19.6 Å². The van der Waals surface area contributed by atoms with E-state index in [-0.39, 0.29) is 11.6 Å². The Labute approximate surface area is 127 Å². The molecule has 8 heteroatoms. The lowest BCUT2D eigenvalue weighted by molar-refractivity contribution is -0.127. The number of aromatic nitrogens is 2. The molecule has 1 fully saturated rings. The van der Waals surface area contributed by atoms with Crippen LogP contribution in [0.4, 0.5) is 0 Å². The predicted octanol–water partition coefficient (Wildman–Crippen LogP) is -1.17. The van der Waals surface area contributed by atoms with Crippen LogP contribution >= 0.6 is 0 Å². The molecule has 120 valence electrons. The number of carbonyl (C=O) groups excluding carboxylic acids is 2. The van der Waals surface area contributed by atoms with Gasteiger partial charge >= 0.3 is 5.69 Å². The monoisotopic (exact) mass is 308 g/mol. The van der Waals surface area contributed by atoms with E-state index in [0.29, 0.717) is 25.9 Å². The Morgan fingerprint density at radius 3 is 2.59 bits per heavy atom. The molecule has 0 radical (unpaired) electrons. The summed E-state index contributed by atoms with van der Waals surface area (Å²) in [5.41, 5.74) is -1.03. The second kappa shape index (κ2) is 6.59. The van der Waals surface area contributed by atoms with Crippen molar-refractivity contribution in [1.29, 1.82) is 0 Å². The first-order valence-electron chi connectivity index (χ1n) is 7.25. The van der Waals surface area contributed by atoms with Crippen molar-refractivity contribution in [3.8, 4) is 0 Å². The van der Waals surface area contributed by atoms with Crippen LogP contribution in [0.2, 0.25) is 0 Å². The minimum absolute atomic E-state index is 0.0327. The van der Waals surface area contributed by atoms with Gasteiger partial charge < -0.3 is 10.2 Å². The summed E-state index contributed by atoms with van der Waals surface area (Å²) in [6, 6.07) is 1.14. The molecule has 2 heterocycles. The van der Waals surface area contributed by atoms with Gasteiger partial charge in [0.15, 0.2) is 0 Å². The summed E-state index contributed by atoms with van der Waals surface area (Å²) in [7, 11) is 2.80. The van der Waals surface area contributed by atoms with E-state index in [1.807, 2.05) is 0 Å². The molecule has 1 N–H and O–H groups in total. The minimum Gasteiger partial charge on any atom is -0.351 e. The number of likely N-dealkylation sites (tertiary alicyclic amines) is 1. The van der Waals surface area contributed by atoms with E-state index in [0.717, 1.165) is 28.2 Å². The lowest BCUT2D eigenvalue weighted by atomic mass is 10.3. The molecule has 1 aromatic rings. The van der Waals surface area contributed by atoms with Crippen LogP contribution in [0.3, 0.4) is 0 Å². The van der Waals surface area contributed by atoms with E-state index in [4.69, 9.17) is 0 Å². The largest absolute Gasteiger partial charge is 0.351 e. The highest BCUT2D eigenvalue weighted by Gasteiger charge is 2.19. The summed E-state index contributed by atoms with van der Waals surface area (Å²) in [5.74, 6) is -0.315. The van der Waals surface area contributed by atoms with Crippen LogP contribution in [0, 0.1) is 0 Å². The third kappa shape index (κ3) is 3.26. The summed E-state index contributed by atoms with van der Waals surface area (Å²) < 4.78 is 2.08. The molecule has 2 amide bonds. The normalized spacial score (nSPS) is 14.5. The maximum Gasteiger partial charge on any atom is 0.331 e. The van der Waals surface area contributed by atoms with Gasteiger partial charge in [-0.25, -0.2) is 4.79 Å². The van der Waals surface area contributed by atoms with E-state index in [2.05, 4.69) is 5.32 Å². The summed E-state index contributed by atoms with van der Waals surface area (Å²) in [6.45, 7) is 1.76. The molecule has 1 aliphatic heterocycles. The Hall–Kier alpha value is -2.38. The molecule has 0 bridgehead atoms. The van der Waals surface area contributed by atoms with Crippen LogP contribution in [0.25, 0.3) is 0 Å². The van der Waals surface area contributed by atoms with Crippen LogP contribution in [0.5, 0.6) is 0 Å². The number of hydrogen-bond donors (Lipinski definition) is 1. The van der Waals surface area contributed by atoms with Crippen LogP contribution in [-0.4, -0.2) is 45.5 Å². The van der Waals surface area contributed by atoms with Gasteiger partial charge in [-0.05, 0) is 12.8 Å². The first kappa shape index (κ1) is 16.0. The van der Waals surface area contributed by atoms with E-state index in [1.54, 1.807) is 4.90 Å². The second-order valence-electron chi connectivity index (χ2n) is 5.36. The van der Waals surface area contributed by atoms with Gasteiger partial charge in [0.25, 0.3) is 11.5 Å². The van der Waals surface area contributed by atoms with Gasteiger partial charge in [0.1, 0.15) is 5.69 Å². The van der Waals surface area contributed by atoms with E-state index < -0.39 is 17.2 Å². The molecular weight excluding hydrogens is 288 g/mol. The Bertz CT molecular complexity index is 704. The van der Waals surface area contributed by atoms with Crippen LogP contribution in [-0.2, 0) is 18.9 Å². The van der Waals surface area contributed by atoms with Gasteiger partial charge in [0, 0.05) is 46.2 Å². The van der Waals surface area contributed by atoms with Crippen LogP contribution < -0.4 is 16.6 Å². The molecule has 2 rings (SSSR count). The Morgan fingerprint density at radius 2 is 1.95 bits per heavy atom. The number of hydrogen-bond acceptors (Lipinski definition) is 4. The summed E-state index contributed by atoms with van der Waals surface area (Å²) >= 11 is 0. The zero-order valence-electron chi connectivity index (χ0n) is 12.8. The van der Waals surface area contributed by atoms with Gasteiger partial charge in [0.05, 0.1) is 0 Å². The van der Waals surface area contributed by atoms with E-state index in [9.17, 15) is 19.2 Å². The molecule has 8 nitrogen and oxygen atoms in total. The molecule has 22 heavy (non-hydrogen) atoms. The smallest absolute Gasteiger partial charge is 0.331 e. The number of nitrogens with one attached hydrogen (secondary N) is 1. The lowest BCUT2D eigenvalue weighted by Gasteiger charge is -2.15. The van der Waals surface area contributed by atoms with Gasteiger partial charge in [-0.2, -0.15) is 0 Å². The fourth-order valence-corrected chi connectivity index (χ4v) is 2.45. The highest BCUT2D eigenvalue weighted by molar-refractivity contribution is 5.92. The fraction of sp³-hybridized carbons (Fsp3) is 0.571. The molecule has 0 aromatic carbocycles. The van der Waals surface area contributed by atoms with Crippen molar-refractivity contribution < 1.29 is 9.59 Å². The topological polar surface area (TPSA) is 93.4 Å². The van der Waals surface area contributed by atoms with Crippen molar-refractivity contribution in [1.82, 2.24) is 19.4 Å². The molecule has 0 atom stereocenters. The molecule has 0 spiro atoms. The highest BCUT2D eigenvalue weighted by Crippen LogP contribution is 2.09. The van der Waals surface area contributed by atoms with Gasteiger partial charge in [-0.3, -0.25) is 23.5 Å². The Kier molecular flexibility index (Phi) is 4.79. The third-order valence-electron chi connectivity index (χ3n) is 3.82. The number of nitrogens with zero attached hydrogens (tertiary/aromatic N) is 3. The molecule has 1 aromatic heterocycles. The molecule has 1 saturated heterocycles. The maximum atomic E-state index is 12.0. The van der Waals surface area contributed by atoms with Crippen molar-refractivity contribution in [3.63, 3.8) is 0 Å². The van der Waals surface area contributed by atoms with Gasteiger partial charge in [0.2, 0.25) is 5.91 Å². The van der Waals surface area contributed by atoms with Gasteiger partial charge in [-0.15, -0.1) is 0 Å². The zero-order chi connectivity index (χ0) is 16.3. The minimum atomic E-state index is -0.541. The van der Waals surface area contributed by atoms with Crippen molar-refractivity contribution in [3.05, 3.63) is 32.6 Å². The standard InChI is InChI=1S/C14H20N4O4/c1-16-10(9-12(20)17(2)14(16)22)13(21)15-6-4-8-18-7-3-5-11(18)19/h9H,3-8H2,1-2H3,(H,15,21). The SMILES string of the molecule is Cn1c(C(=O)NCCCN2CCCC2=O)cc(=O)n(C)c1=O. The third-order valence-corrected chi connectivity index (χ3v) is 3.82. The molecule has 0 saturated carbocycles. The number of amides is 2. The van der Waals surface area contributed by atoms with Crippen molar-refractivity contribution in [2.24, 2.45) is 14.1 Å². The van der Waals surface area contributed by atoms with Crippen LogP contribution in [0.15, 0.2) is 15.7 Å². The van der Waals surface area contributed by atoms with E-state index in [1.165, 1.54) is 14.1 Å². The molecule has 1 aliphatic rings. The average Bonchev–Trinajstić information content (AvgIpc) is 2.90. The summed E-state index contributed by atoms with van der Waals surface area (Å²) in [5, 5.41) is 2.67. The second-order valence-corrected chi connectivity index (χ2v) is 5.36. The van der Waals surface area contributed by atoms with Crippen LogP contribution in [0.1, 0.15) is 29.8 Å². The number of rotatable bonds is 5. The lowest BCUT2D eigenvalue weighted by Crippen LogP contribution is -2.41. The Morgan fingerprint density at radius 1 is 1.23 bits per heavy atom. The summed E-state index contributed by atoms with van der Waals surface area (Å²) in [4.78, 5) is 48.6.